The van der Waals surface area contributed by atoms with Gasteiger partial charge in [-0.25, -0.2) is 0 Å². The fraction of sp³-hybridized carbons (Fsp3) is 0.467. The highest BCUT2D eigenvalue weighted by molar-refractivity contribution is 5.51. The van der Waals surface area contributed by atoms with E-state index in [1.165, 1.54) is 29.1 Å². The third kappa shape index (κ3) is 6.25. The molecular formula is C15H26N2+2. The molecule has 0 radical (unpaired) electrons. The molecule has 2 heteroatoms. The van der Waals surface area contributed by atoms with Gasteiger partial charge in [-0.2, -0.15) is 0 Å². The van der Waals surface area contributed by atoms with Gasteiger partial charge in [0.25, 0.3) is 0 Å². The molecule has 1 rings (SSSR count). The fourth-order valence-electron chi connectivity index (χ4n) is 1.91. The molecule has 17 heavy (non-hydrogen) atoms. The summed E-state index contributed by atoms with van der Waals surface area (Å²) in [6, 6.07) is 10.5. The first-order chi connectivity index (χ1) is 8.08. The van der Waals surface area contributed by atoms with E-state index in [9.17, 15) is 0 Å². The Balaban J connectivity index is 2.43. The molecule has 2 N–H and O–H groups in total. The summed E-state index contributed by atoms with van der Waals surface area (Å²) in [6.45, 7) is 5.80. The standard InChI is InChI=1S/C15H24N2/c1-14(12-15-8-6-5-7-9-15)13-17(4)11-10-16(2)3/h5-9,12H,10-11,13H2,1-4H3/p+2/b14-12+. The second kappa shape index (κ2) is 7.25. The van der Waals surface area contributed by atoms with E-state index >= 15 is 0 Å². The second-order valence-corrected chi connectivity index (χ2v) is 5.24. The number of benzene rings is 1. The maximum absolute atomic E-state index is 2.28. The summed E-state index contributed by atoms with van der Waals surface area (Å²) >= 11 is 0. The smallest absolute Gasteiger partial charge is 0.127 e. The number of nitrogens with one attached hydrogen (secondary N) is 2. The van der Waals surface area contributed by atoms with Crippen LogP contribution in [-0.2, 0) is 0 Å². The highest BCUT2D eigenvalue weighted by atomic mass is 15.1. The second-order valence-electron chi connectivity index (χ2n) is 5.24. The average Bonchev–Trinajstić information content (AvgIpc) is 2.27. The zero-order chi connectivity index (χ0) is 12.7. The van der Waals surface area contributed by atoms with Gasteiger partial charge in [0.05, 0.1) is 27.7 Å². The summed E-state index contributed by atoms with van der Waals surface area (Å²) in [4.78, 5) is 3.10. The van der Waals surface area contributed by atoms with Crippen LogP contribution in [0.1, 0.15) is 12.5 Å². The van der Waals surface area contributed by atoms with E-state index in [1.807, 2.05) is 0 Å². The van der Waals surface area contributed by atoms with Crippen molar-refractivity contribution in [2.75, 3.05) is 40.8 Å². The van der Waals surface area contributed by atoms with Crippen molar-refractivity contribution in [2.24, 2.45) is 0 Å². The summed E-state index contributed by atoms with van der Waals surface area (Å²) in [5, 5.41) is 0. The van der Waals surface area contributed by atoms with Crippen molar-refractivity contribution in [3.63, 3.8) is 0 Å². The van der Waals surface area contributed by atoms with Gasteiger partial charge in [0.2, 0.25) is 0 Å². The van der Waals surface area contributed by atoms with Crippen LogP contribution < -0.4 is 9.80 Å². The molecule has 0 heterocycles. The van der Waals surface area contributed by atoms with Crippen LogP contribution in [0.15, 0.2) is 35.9 Å². The number of rotatable bonds is 6. The van der Waals surface area contributed by atoms with E-state index in [-0.39, 0.29) is 0 Å². The first kappa shape index (κ1) is 13.9. The molecule has 0 amide bonds. The number of likely N-dealkylation sites (N-methyl/N-ethyl adjacent to an activating group) is 2. The molecule has 0 fully saturated rings. The lowest BCUT2D eigenvalue weighted by molar-refractivity contribution is -0.926. The zero-order valence-electron chi connectivity index (χ0n) is 11.6. The molecule has 0 saturated heterocycles. The molecule has 2 nitrogen and oxygen atoms in total. The van der Waals surface area contributed by atoms with Crippen molar-refractivity contribution in [3.05, 3.63) is 41.5 Å². The van der Waals surface area contributed by atoms with Gasteiger partial charge >= 0.3 is 0 Å². The van der Waals surface area contributed by atoms with E-state index in [0.29, 0.717) is 0 Å². The molecule has 1 unspecified atom stereocenters. The summed E-state index contributed by atoms with van der Waals surface area (Å²) in [6.07, 6.45) is 2.28. The normalized spacial score (nSPS) is 14.1. The van der Waals surface area contributed by atoms with Crippen molar-refractivity contribution in [1.29, 1.82) is 0 Å². The number of quaternary nitrogens is 2. The Morgan fingerprint density at radius 1 is 1.06 bits per heavy atom. The van der Waals surface area contributed by atoms with Crippen molar-refractivity contribution in [3.8, 4) is 0 Å². The van der Waals surface area contributed by atoms with Gasteiger partial charge in [0, 0.05) is 0 Å². The van der Waals surface area contributed by atoms with E-state index in [1.54, 1.807) is 4.90 Å². The van der Waals surface area contributed by atoms with Crippen LogP contribution in [0.4, 0.5) is 0 Å². The zero-order valence-corrected chi connectivity index (χ0v) is 11.6. The van der Waals surface area contributed by atoms with Crippen LogP contribution in [0, 0.1) is 0 Å². The van der Waals surface area contributed by atoms with Gasteiger partial charge in [-0.3, -0.25) is 0 Å². The van der Waals surface area contributed by atoms with Crippen LogP contribution in [0.25, 0.3) is 6.08 Å². The fourth-order valence-corrected chi connectivity index (χ4v) is 1.91. The maximum Gasteiger partial charge on any atom is 0.127 e. The van der Waals surface area contributed by atoms with Crippen LogP contribution >= 0.6 is 0 Å². The molecule has 0 aliphatic carbocycles. The topological polar surface area (TPSA) is 8.88 Å². The molecule has 0 aliphatic rings. The van der Waals surface area contributed by atoms with Crippen molar-refractivity contribution < 1.29 is 9.80 Å². The predicted molar refractivity (Wildman–Crippen MR) is 74.4 cm³/mol. The number of hydrogen-bond donors (Lipinski definition) is 2. The van der Waals surface area contributed by atoms with Gasteiger partial charge in [0.1, 0.15) is 13.1 Å². The lowest BCUT2D eigenvalue weighted by atomic mass is 10.1. The molecule has 0 aromatic heterocycles. The van der Waals surface area contributed by atoms with Crippen molar-refractivity contribution in [1.82, 2.24) is 0 Å². The molecule has 1 aromatic carbocycles. The van der Waals surface area contributed by atoms with E-state index < -0.39 is 0 Å². The molecule has 0 spiro atoms. The Kier molecular flexibility index (Phi) is 5.95. The first-order valence-corrected chi connectivity index (χ1v) is 6.40. The van der Waals surface area contributed by atoms with Crippen LogP contribution in [-0.4, -0.2) is 40.8 Å². The molecule has 94 valence electrons. The van der Waals surface area contributed by atoms with Crippen LogP contribution in [0.2, 0.25) is 0 Å². The summed E-state index contributed by atoms with van der Waals surface area (Å²) < 4.78 is 0. The van der Waals surface area contributed by atoms with E-state index in [2.05, 4.69) is 64.5 Å². The van der Waals surface area contributed by atoms with E-state index in [4.69, 9.17) is 0 Å². The Morgan fingerprint density at radius 2 is 1.71 bits per heavy atom. The van der Waals surface area contributed by atoms with Crippen LogP contribution in [0.3, 0.4) is 0 Å². The van der Waals surface area contributed by atoms with Gasteiger partial charge in [-0.15, -0.1) is 0 Å². The lowest BCUT2D eigenvalue weighted by Gasteiger charge is -2.15. The Labute approximate surface area is 106 Å². The monoisotopic (exact) mass is 234 g/mol. The largest absolute Gasteiger partial charge is 0.335 e. The molecule has 0 bridgehead atoms. The third-order valence-electron chi connectivity index (χ3n) is 2.85. The Bertz CT molecular complexity index is 341. The Hall–Kier alpha value is -1.12. The molecule has 1 atom stereocenters. The lowest BCUT2D eigenvalue weighted by Crippen LogP contribution is -3.16. The predicted octanol–water partition coefficient (Wildman–Crippen LogP) is -0.251. The maximum atomic E-state index is 2.28. The Morgan fingerprint density at radius 3 is 2.29 bits per heavy atom. The van der Waals surface area contributed by atoms with Crippen LogP contribution in [0.5, 0.6) is 0 Å². The van der Waals surface area contributed by atoms with Gasteiger partial charge in [0.15, 0.2) is 0 Å². The minimum absolute atomic E-state index is 1.13. The molecular weight excluding hydrogens is 208 g/mol. The SMILES string of the molecule is C/C(=C\c1ccccc1)C[NH+](C)CC[NH+](C)C. The van der Waals surface area contributed by atoms with Gasteiger partial charge in [-0.05, 0) is 18.1 Å². The van der Waals surface area contributed by atoms with Crippen molar-refractivity contribution in [2.45, 2.75) is 6.92 Å². The summed E-state index contributed by atoms with van der Waals surface area (Å²) in [5.74, 6) is 0. The third-order valence-corrected chi connectivity index (χ3v) is 2.85. The van der Waals surface area contributed by atoms with Crippen molar-refractivity contribution >= 4 is 6.08 Å². The quantitative estimate of drug-likeness (QED) is 0.672. The highest BCUT2D eigenvalue weighted by Gasteiger charge is 2.05. The molecule has 0 aliphatic heterocycles. The molecule has 1 aromatic rings. The summed E-state index contributed by atoms with van der Waals surface area (Å²) in [7, 11) is 6.69. The van der Waals surface area contributed by atoms with E-state index in [0.717, 1.165) is 6.54 Å². The molecule has 0 saturated carbocycles. The average molecular weight is 234 g/mol. The minimum atomic E-state index is 1.13. The summed E-state index contributed by atoms with van der Waals surface area (Å²) in [5.41, 5.74) is 2.75. The van der Waals surface area contributed by atoms with Gasteiger partial charge < -0.3 is 9.80 Å². The minimum Gasteiger partial charge on any atom is -0.335 e. The van der Waals surface area contributed by atoms with Gasteiger partial charge in [-0.1, -0.05) is 36.4 Å². The number of hydrogen-bond acceptors (Lipinski definition) is 0. The first-order valence-electron chi connectivity index (χ1n) is 6.40. The highest BCUT2D eigenvalue weighted by Crippen LogP contribution is 2.04.